The average Bonchev–Trinajstić information content (AvgIpc) is 2.70. The summed E-state index contributed by atoms with van der Waals surface area (Å²) in [5, 5.41) is 22.9. The second kappa shape index (κ2) is 10.0. The molecule has 1 heterocycles. The summed E-state index contributed by atoms with van der Waals surface area (Å²) in [7, 11) is 1.24. The summed E-state index contributed by atoms with van der Waals surface area (Å²) in [6, 6.07) is 6.07. The predicted molar refractivity (Wildman–Crippen MR) is 105 cm³/mol. The van der Waals surface area contributed by atoms with Gasteiger partial charge in [-0.3, -0.25) is 0 Å². The van der Waals surface area contributed by atoms with Gasteiger partial charge in [0, 0.05) is 28.9 Å². The van der Waals surface area contributed by atoms with E-state index in [4.69, 9.17) is 21.1 Å². The number of carbonyl (C=O) groups is 2. The molecule has 152 valence electrons. The summed E-state index contributed by atoms with van der Waals surface area (Å²) in [5.74, 6) is -2.02. The standard InChI is InChI=1S/C18H20BrClN2O6/c1-10-14(17(23)27-2)15(11-4-3-5-12(8-11)22(25)26)16(13(9-19)21-10)18(24)28-7-6-20/h3-5,8,15,21-22,25H,6-7,9H2,1-2H3/t15-/m1/s1. The van der Waals surface area contributed by atoms with Crippen molar-refractivity contribution in [3.8, 4) is 0 Å². The smallest absolute Gasteiger partial charge is 0.336 e. The Morgan fingerprint density at radius 2 is 2.07 bits per heavy atom. The minimum atomic E-state index is -1.12. The van der Waals surface area contributed by atoms with E-state index in [1.54, 1.807) is 19.1 Å². The van der Waals surface area contributed by atoms with Crippen LogP contribution in [-0.4, -0.2) is 42.1 Å². The third kappa shape index (κ3) is 4.73. The molecule has 0 bridgehead atoms. The number of quaternary nitrogens is 1. The van der Waals surface area contributed by atoms with Gasteiger partial charge in [0.05, 0.1) is 30.1 Å². The number of dihydropyridines is 1. The van der Waals surface area contributed by atoms with Gasteiger partial charge in [0.25, 0.3) is 0 Å². The van der Waals surface area contributed by atoms with Gasteiger partial charge in [-0.25, -0.2) is 14.8 Å². The fraction of sp³-hybridized carbons (Fsp3) is 0.333. The number of ether oxygens (including phenoxy) is 2. The highest BCUT2D eigenvalue weighted by Crippen LogP contribution is 2.40. The van der Waals surface area contributed by atoms with Crippen molar-refractivity contribution in [3.05, 3.63) is 57.6 Å². The van der Waals surface area contributed by atoms with Crippen LogP contribution < -0.4 is 10.5 Å². The van der Waals surface area contributed by atoms with Crippen molar-refractivity contribution in [2.45, 2.75) is 12.8 Å². The molecule has 0 aromatic heterocycles. The third-order valence-electron chi connectivity index (χ3n) is 4.18. The molecular weight excluding hydrogens is 456 g/mol. The molecule has 8 nitrogen and oxygen atoms in total. The molecule has 3 N–H and O–H groups in total. The lowest BCUT2D eigenvalue weighted by atomic mass is 9.80. The highest BCUT2D eigenvalue weighted by atomic mass is 79.9. The van der Waals surface area contributed by atoms with Crippen LogP contribution >= 0.6 is 27.5 Å². The molecule has 28 heavy (non-hydrogen) atoms. The summed E-state index contributed by atoms with van der Waals surface area (Å²) in [6.45, 7) is 1.68. The Morgan fingerprint density at radius 1 is 1.36 bits per heavy atom. The Hall–Kier alpha value is -1.91. The third-order valence-corrected chi connectivity index (χ3v) is 4.90. The Morgan fingerprint density at radius 3 is 2.64 bits per heavy atom. The molecule has 1 aliphatic rings. The van der Waals surface area contributed by atoms with Crippen LogP contribution in [0.5, 0.6) is 0 Å². The quantitative estimate of drug-likeness (QED) is 0.312. The topological polar surface area (TPSA) is 112 Å². The van der Waals surface area contributed by atoms with Crippen LogP contribution in [0, 0.1) is 5.21 Å². The van der Waals surface area contributed by atoms with Crippen LogP contribution in [0.2, 0.25) is 0 Å². The maximum absolute atomic E-state index is 12.8. The molecule has 1 aromatic rings. The van der Waals surface area contributed by atoms with Gasteiger partial charge in [0.1, 0.15) is 6.61 Å². The van der Waals surface area contributed by atoms with E-state index in [2.05, 4.69) is 21.2 Å². The molecule has 1 aromatic carbocycles. The molecule has 10 heteroatoms. The lowest BCUT2D eigenvalue weighted by Gasteiger charge is -2.31. The van der Waals surface area contributed by atoms with E-state index in [0.29, 0.717) is 22.3 Å². The number of allylic oxidation sites excluding steroid dienone is 2. The minimum absolute atomic E-state index is 0.00239. The van der Waals surface area contributed by atoms with Gasteiger partial charge in [0.15, 0.2) is 5.69 Å². The highest BCUT2D eigenvalue weighted by Gasteiger charge is 2.38. The molecule has 0 saturated carbocycles. The summed E-state index contributed by atoms with van der Waals surface area (Å²) < 4.78 is 10.1. The van der Waals surface area contributed by atoms with Crippen molar-refractivity contribution in [3.63, 3.8) is 0 Å². The normalized spacial score (nSPS) is 17.9. The molecule has 0 radical (unpaired) electrons. The molecule has 0 fully saturated rings. The van der Waals surface area contributed by atoms with Gasteiger partial charge in [-0.05, 0) is 12.5 Å². The molecule has 2 atom stereocenters. The van der Waals surface area contributed by atoms with Gasteiger partial charge in [0.2, 0.25) is 0 Å². The molecule has 0 spiro atoms. The zero-order valence-corrected chi connectivity index (χ0v) is 17.6. The number of carbonyl (C=O) groups excluding carboxylic acids is 2. The molecule has 1 aliphatic heterocycles. The van der Waals surface area contributed by atoms with E-state index < -0.39 is 23.1 Å². The largest absolute Gasteiger partial charge is 0.595 e. The van der Waals surface area contributed by atoms with E-state index in [1.807, 2.05) is 0 Å². The van der Waals surface area contributed by atoms with E-state index in [0.717, 1.165) is 0 Å². The molecule has 0 saturated heterocycles. The first-order valence-corrected chi connectivity index (χ1v) is 9.92. The molecule has 2 rings (SSSR count). The summed E-state index contributed by atoms with van der Waals surface area (Å²) in [6.07, 6.45) is 0. The van der Waals surface area contributed by atoms with Crippen LogP contribution in [0.15, 0.2) is 46.8 Å². The number of esters is 2. The van der Waals surface area contributed by atoms with Gasteiger partial charge in [-0.15, -0.1) is 11.6 Å². The molecule has 0 aliphatic carbocycles. The van der Waals surface area contributed by atoms with Gasteiger partial charge in [-0.1, -0.05) is 28.1 Å². The zero-order valence-electron chi connectivity index (χ0n) is 15.3. The number of alkyl halides is 2. The predicted octanol–water partition coefficient (Wildman–Crippen LogP) is 1.65. The first-order valence-electron chi connectivity index (χ1n) is 8.27. The van der Waals surface area contributed by atoms with Crippen molar-refractivity contribution in [2.75, 3.05) is 24.9 Å². The number of rotatable bonds is 7. The van der Waals surface area contributed by atoms with Crippen molar-refractivity contribution in [2.24, 2.45) is 0 Å². The lowest BCUT2D eigenvalue weighted by molar-refractivity contribution is -0.991. The Kier molecular flexibility index (Phi) is 8.02. The lowest BCUT2D eigenvalue weighted by Crippen LogP contribution is -2.99. The average molecular weight is 476 g/mol. The van der Waals surface area contributed by atoms with Crippen molar-refractivity contribution in [1.29, 1.82) is 0 Å². The number of benzene rings is 1. The molecule has 1 unspecified atom stereocenters. The van der Waals surface area contributed by atoms with Crippen LogP contribution in [0.1, 0.15) is 18.4 Å². The van der Waals surface area contributed by atoms with Gasteiger partial charge < -0.3 is 20.0 Å². The molecular formula is C18H20BrClN2O6. The Bertz CT molecular complexity index is 824. The SMILES string of the molecule is COC(=O)C1=C(C)NC(CBr)=C(C(=O)OCCCl)[C@@H]1c1cccc([NH+]([O-])O)c1. The van der Waals surface area contributed by atoms with Crippen LogP contribution in [0.25, 0.3) is 0 Å². The summed E-state index contributed by atoms with van der Waals surface area (Å²) in [4.78, 5) is 25.3. The number of hydrogen-bond donors (Lipinski definition) is 3. The summed E-state index contributed by atoms with van der Waals surface area (Å²) in [5.41, 5.74) is 1.89. The van der Waals surface area contributed by atoms with E-state index in [-0.39, 0.29) is 29.3 Å². The summed E-state index contributed by atoms with van der Waals surface area (Å²) >= 11 is 8.96. The van der Waals surface area contributed by atoms with Crippen LogP contribution in [0.4, 0.5) is 5.69 Å². The van der Waals surface area contributed by atoms with Crippen molar-refractivity contribution >= 4 is 45.2 Å². The number of nitrogens with one attached hydrogen (secondary N) is 2. The first kappa shape index (κ1) is 22.4. The number of hydrogen-bond acceptors (Lipinski definition) is 7. The van der Waals surface area contributed by atoms with Crippen molar-refractivity contribution in [1.82, 2.24) is 5.32 Å². The number of methoxy groups -OCH3 is 1. The van der Waals surface area contributed by atoms with Gasteiger partial charge in [-0.2, -0.15) is 5.23 Å². The molecule has 0 amide bonds. The van der Waals surface area contributed by atoms with E-state index in [9.17, 15) is 20.0 Å². The maximum atomic E-state index is 12.8. The van der Waals surface area contributed by atoms with E-state index in [1.165, 1.54) is 19.2 Å². The van der Waals surface area contributed by atoms with Crippen LogP contribution in [0.3, 0.4) is 0 Å². The van der Waals surface area contributed by atoms with Crippen LogP contribution in [-0.2, 0) is 19.1 Å². The van der Waals surface area contributed by atoms with E-state index >= 15 is 0 Å². The monoisotopic (exact) mass is 474 g/mol. The highest BCUT2D eigenvalue weighted by molar-refractivity contribution is 9.09. The maximum Gasteiger partial charge on any atom is 0.336 e. The second-order valence-corrected chi connectivity index (χ2v) is 6.81. The Labute approximate surface area is 175 Å². The van der Waals surface area contributed by atoms with Gasteiger partial charge >= 0.3 is 11.9 Å². The minimum Gasteiger partial charge on any atom is -0.595 e. The fourth-order valence-corrected chi connectivity index (χ4v) is 3.54. The number of halogens is 2. The second-order valence-electron chi connectivity index (χ2n) is 5.87. The van der Waals surface area contributed by atoms with Crippen molar-refractivity contribution < 1.29 is 29.5 Å². The Balaban J connectivity index is 2.69. The fourth-order valence-electron chi connectivity index (χ4n) is 3.02. The first-order chi connectivity index (χ1) is 13.3. The zero-order chi connectivity index (χ0) is 20.8.